The van der Waals surface area contributed by atoms with Gasteiger partial charge in [-0.1, -0.05) is 6.07 Å². The predicted octanol–water partition coefficient (Wildman–Crippen LogP) is 1.64. The zero-order chi connectivity index (χ0) is 12.0. The number of rotatable bonds is 2. The van der Waals surface area contributed by atoms with E-state index in [2.05, 4.69) is 42.1 Å². The molecule has 1 N–H and O–H groups in total. The van der Waals surface area contributed by atoms with E-state index in [0.29, 0.717) is 0 Å². The summed E-state index contributed by atoms with van der Waals surface area (Å²) >= 11 is 0. The molecule has 0 atom stereocenters. The molecule has 1 fully saturated rings. The van der Waals surface area contributed by atoms with Gasteiger partial charge in [-0.3, -0.25) is 0 Å². The van der Waals surface area contributed by atoms with Crippen LogP contribution < -0.4 is 9.80 Å². The average molecular weight is 232 g/mol. The summed E-state index contributed by atoms with van der Waals surface area (Å²) in [6.07, 6.45) is 2.72. The van der Waals surface area contributed by atoms with E-state index in [0.717, 1.165) is 32.4 Å². The highest BCUT2D eigenvalue weighted by Gasteiger charge is 2.40. The zero-order valence-electron chi connectivity index (χ0n) is 10.6. The maximum absolute atomic E-state index is 9.98. The Bertz CT molecular complexity index is 440. The molecule has 0 radical (unpaired) electrons. The van der Waals surface area contributed by atoms with Gasteiger partial charge in [-0.25, -0.2) is 0 Å². The third kappa shape index (κ3) is 2.00. The van der Waals surface area contributed by atoms with Gasteiger partial charge in [-0.05, 0) is 30.5 Å². The lowest BCUT2D eigenvalue weighted by atomic mass is 10.0. The molecular formula is C14H20N2O. The topological polar surface area (TPSA) is 26.7 Å². The first kappa shape index (κ1) is 10.9. The van der Waals surface area contributed by atoms with Crippen molar-refractivity contribution in [1.29, 1.82) is 0 Å². The summed E-state index contributed by atoms with van der Waals surface area (Å²) < 4.78 is 0. The Kier molecular flexibility index (Phi) is 2.33. The molecule has 0 saturated heterocycles. The fourth-order valence-electron chi connectivity index (χ4n) is 2.55. The summed E-state index contributed by atoms with van der Waals surface area (Å²) in [5, 5.41) is 9.98. The van der Waals surface area contributed by atoms with Crippen LogP contribution in [0.1, 0.15) is 18.4 Å². The van der Waals surface area contributed by atoms with E-state index in [9.17, 15) is 5.11 Å². The standard InChI is InChI=1S/C14H20N2O/c1-15-7-8-16(2)13-9-11(3-4-12(13)15)10-14(17)5-6-14/h3-4,9,17H,5-8,10H2,1-2H3. The van der Waals surface area contributed by atoms with Crippen molar-refractivity contribution in [2.45, 2.75) is 24.9 Å². The first-order valence-corrected chi connectivity index (χ1v) is 6.35. The third-order valence-corrected chi connectivity index (χ3v) is 3.99. The van der Waals surface area contributed by atoms with Gasteiger partial charge in [0, 0.05) is 33.6 Å². The lowest BCUT2D eigenvalue weighted by molar-refractivity contribution is 0.151. The molecule has 1 saturated carbocycles. The fourth-order valence-corrected chi connectivity index (χ4v) is 2.55. The maximum Gasteiger partial charge on any atom is 0.0690 e. The average Bonchev–Trinajstić information content (AvgIpc) is 3.02. The van der Waals surface area contributed by atoms with Crippen LogP contribution in [0, 0.1) is 0 Å². The minimum atomic E-state index is -0.395. The Morgan fingerprint density at radius 2 is 1.76 bits per heavy atom. The zero-order valence-corrected chi connectivity index (χ0v) is 10.6. The van der Waals surface area contributed by atoms with Crippen LogP contribution in [-0.2, 0) is 6.42 Å². The van der Waals surface area contributed by atoms with Crippen LogP contribution in [0.2, 0.25) is 0 Å². The number of aliphatic hydroxyl groups is 1. The molecule has 1 aromatic carbocycles. The lowest BCUT2D eigenvalue weighted by Crippen LogP contribution is -2.36. The van der Waals surface area contributed by atoms with Gasteiger partial charge >= 0.3 is 0 Å². The molecule has 0 spiro atoms. The molecule has 92 valence electrons. The van der Waals surface area contributed by atoms with Gasteiger partial charge in [0.2, 0.25) is 0 Å². The van der Waals surface area contributed by atoms with Crippen LogP contribution in [0.4, 0.5) is 11.4 Å². The maximum atomic E-state index is 9.98. The summed E-state index contributed by atoms with van der Waals surface area (Å²) in [6, 6.07) is 6.58. The predicted molar refractivity (Wildman–Crippen MR) is 70.9 cm³/mol. The van der Waals surface area contributed by atoms with Crippen molar-refractivity contribution in [2.75, 3.05) is 37.0 Å². The normalized spacial score (nSPS) is 21.4. The van der Waals surface area contributed by atoms with Gasteiger partial charge < -0.3 is 14.9 Å². The van der Waals surface area contributed by atoms with Gasteiger partial charge in [0.25, 0.3) is 0 Å². The number of nitrogens with zero attached hydrogens (tertiary/aromatic N) is 2. The molecule has 2 aliphatic rings. The third-order valence-electron chi connectivity index (χ3n) is 3.99. The minimum absolute atomic E-state index is 0.395. The van der Waals surface area contributed by atoms with Crippen molar-refractivity contribution in [3.8, 4) is 0 Å². The highest BCUT2D eigenvalue weighted by molar-refractivity contribution is 5.73. The fraction of sp³-hybridized carbons (Fsp3) is 0.571. The minimum Gasteiger partial charge on any atom is -0.390 e. The molecule has 0 amide bonds. The van der Waals surface area contributed by atoms with Crippen molar-refractivity contribution in [3.05, 3.63) is 23.8 Å². The first-order valence-electron chi connectivity index (χ1n) is 6.35. The number of likely N-dealkylation sites (N-methyl/N-ethyl adjacent to an activating group) is 2. The summed E-state index contributed by atoms with van der Waals surface area (Å²) in [5.41, 5.74) is 3.45. The SMILES string of the molecule is CN1CCN(C)c2cc(CC3(O)CC3)ccc21. The Hall–Kier alpha value is -1.22. The molecule has 3 rings (SSSR count). The first-order chi connectivity index (χ1) is 8.07. The smallest absolute Gasteiger partial charge is 0.0690 e. The molecule has 0 bridgehead atoms. The lowest BCUT2D eigenvalue weighted by Gasteiger charge is -2.35. The van der Waals surface area contributed by atoms with Crippen LogP contribution in [0.3, 0.4) is 0 Å². The van der Waals surface area contributed by atoms with E-state index in [4.69, 9.17) is 0 Å². The summed E-state index contributed by atoms with van der Waals surface area (Å²) in [5.74, 6) is 0. The number of hydrogen-bond donors (Lipinski definition) is 1. The van der Waals surface area contributed by atoms with Gasteiger partial charge in [-0.2, -0.15) is 0 Å². The molecule has 1 aliphatic heterocycles. The van der Waals surface area contributed by atoms with Gasteiger partial charge in [0.05, 0.1) is 17.0 Å². The van der Waals surface area contributed by atoms with E-state index >= 15 is 0 Å². The molecular weight excluding hydrogens is 212 g/mol. The molecule has 17 heavy (non-hydrogen) atoms. The molecule has 3 heteroatoms. The number of benzene rings is 1. The molecule has 1 aromatic rings. The Balaban J connectivity index is 1.91. The van der Waals surface area contributed by atoms with Gasteiger partial charge in [-0.15, -0.1) is 0 Å². The second-order valence-corrected chi connectivity index (χ2v) is 5.57. The molecule has 1 heterocycles. The Labute approximate surface area is 103 Å². The van der Waals surface area contributed by atoms with E-state index in [1.807, 2.05) is 0 Å². The summed E-state index contributed by atoms with van der Waals surface area (Å²) in [7, 11) is 4.28. The van der Waals surface area contributed by atoms with Crippen molar-refractivity contribution in [2.24, 2.45) is 0 Å². The second-order valence-electron chi connectivity index (χ2n) is 5.57. The van der Waals surface area contributed by atoms with E-state index in [-0.39, 0.29) is 0 Å². The van der Waals surface area contributed by atoms with Crippen LogP contribution in [0.25, 0.3) is 0 Å². The molecule has 0 unspecified atom stereocenters. The van der Waals surface area contributed by atoms with Gasteiger partial charge in [0.1, 0.15) is 0 Å². The number of hydrogen-bond acceptors (Lipinski definition) is 3. The van der Waals surface area contributed by atoms with E-state index in [1.165, 1.54) is 16.9 Å². The quantitative estimate of drug-likeness (QED) is 0.839. The van der Waals surface area contributed by atoms with Crippen LogP contribution in [0.5, 0.6) is 0 Å². The summed E-state index contributed by atoms with van der Waals surface area (Å²) in [6.45, 7) is 2.14. The van der Waals surface area contributed by atoms with Gasteiger partial charge in [0.15, 0.2) is 0 Å². The largest absolute Gasteiger partial charge is 0.390 e. The van der Waals surface area contributed by atoms with Crippen molar-refractivity contribution < 1.29 is 5.11 Å². The number of anilines is 2. The Morgan fingerprint density at radius 1 is 1.12 bits per heavy atom. The van der Waals surface area contributed by atoms with Crippen molar-refractivity contribution in [1.82, 2.24) is 0 Å². The number of fused-ring (bicyclic) bond motifs is 1. The van der Waals surface area contributed by atoms with Crippen molar-refractivity contribution >= 4 is 11.4 Å². The highest BCUT2D eigenvalue weighted by atomic mass is 16.3. The second kappa shape index (κ2) is 3.64. The molecule has 1 aliphatic carbocycles. The van der Waals surface area contributed by atoms with E-state index in [1.54, 1.807) is 0 Å². The van der Waals surface area contributed by atoms with Crippen LogP contribution in [0.15, 0.2) is 18.2 Å². The highest BCUT2D eigenvalue weighted by Crippen LogP contribution is 2.40. The molecule has 3 nitrogen and oxygen atoms in total. The summed E-state index contributed by atoms with van der Waals surface area (Å²) in [4.78, 5) is 4.60. The molecule has 0 aromatic heterocycles. The van der Waals surface area contributed by atoms with E-state index < -0.39 is 5.60 Å². The van der Waals surface area contributed by atoms with Crippen LogP contribution in [-0.4, -0.2) is 37.9 Å². The van der Waals surface area contributed by atoms with Crippen molar-refractivity contribution in [3.63, 3.8) is 0 Å². The van der Waals surface area contributed by atoms with Crippen LogP contribution >= 0.6 is 0 Å². The monoisotopic (exact) mass is 232 g/mol. The Morgan fingerprint density at radius 3 is 2.41 bits per heavy atom.